The molecule has 1 fully saturated rings. The second-order valence-corrected chi connectivity index (χ2v) is 5.52. The Bertz CT molecular complexity index is 228. The first kappa shape index (κ1) is 13.9. The Morgan fingerprint density at radius 1 is 1.31 bits per heavy atom. The number of aliphatic hydroxyl groups excluding tert-OH is 1. The molecule has 1 unspecified atom stereocenters. The molecule has 1 amide bonds. The van der Waals surface area contributed by atoms with Gasteiger partial charge in [-0.25, -0.2) is 0 Å². The van der Waals surface area contributed by atoms with E-state index in [0.717, 1.165) is 26.2 Å². The molecule has 1 heterocycles. The standard InChI is InChI=1S/C11H21BrN2O2/c1-9(2)10(12)11(16)14-5-3-13(4-6-14)7-8-15/h9-10,15H,3-8H2,1-2H3. The van der Waals surface area contributed by atoms with Gasteiger partial charge in [0.25, 0.3) is 0 Å². The highest BCUT2D eigenvalue weighted by molar-refractivity contribution is 9.10. The molecular weight excluding hydrogens is 272 g/mol. The Labute approximate surface area is 106 Å². The van der Waals surface area contributed by atoms with Crippen molar-refractivity contribution in [3.05, 3.63) is 0 Å². The summed E-state index contributed by atoms with van der Waals surface area (Å²) in [4.78, 5) is 16.0. The van der Waals surface area contributed by atoms with Crippen LogP contribution in [0.25, 0.3) is 0 Å². The van der Waals surface area contributed by atoms with Crippen LogP contribution in [0.3, 0.4) is 0 Å². The van der Waals surface area contributed by atoms with Crippen LogP contribution in [0.1, 0.15) is 13.8 Å². The number of hydrogen-bond donors (Lipinski definition) is 1. The molecule has 5 heteroatoms. The van der Waals surface area contributed by atoms with Gasteiger partial charge in [0.15, 0.2) is 0 Å². The smallest absolute Gasteiger partial charge is 0.236 e. The Morgan fingerprint density at radius 3 is 2.31 bits per heavy atom. The Balaban J connectivity index is 2.38. The van der Waals surface area contributed by atoms with Crippen LogP contribution in [0.4, 0.5) is 0 Å². The zero-order valence-corrected chi connectivity index (χ0v) is 11.6. The number of amides is 1. The molecule has 1 rings (SSSR count). The van der Waals surface area contributed by atoms with E-state index in [0.29, 0.717) is 12.5 Å². The van der Waals surface area contributed by atoms with Crippen LogP contribution in [-0.4, -0.2) is 65.0 Å². The summed E-state index contributed by atoms with van der Waals surface area (Å²) in [5, 5.41) is 8.82. The average Bonchev–Trinajstić information content (AvgIpc) is 2.28. The third kappa shape index (κ3) is 3.71. The van der Waals surface area contributed by atoms with Crippen LogP contribution in [0.5, 0.6) is 0 Å². The number of nitrogens with zero attached hydrogens (tertiary/aromatic N) is 2. The first-order valence-electron chi connectivity index (χ1n) is 5.82. The Hall–Kier alpha value is -0.130. The minimum absolute atomic E-state index is 0.0723. The van der Waals surface area contributed by atoms with E-state index < -0.39 is 0 Å². The lowest BCUT2D eigenvalue weighted by Gasteiger charge is -2.35. The molecule has 0 aromatic rings. The number of carbonyl (C=O) groups is 1. The molecule has 0 aromatic heterocycles. The van der Waals surface area contributed by atoms with Crippen LogP contribution >= 0.6 is 15.9 Å². The summed E-state index contributed by atoms with van der Waals surface area (Å²) in [5.41, 5.74) is 0. The van der Waals surface area contributed by atoms with Crippen molar-refractivity contribution in [3.8, 4) is 0 Å². The topological polar surface area (TPSA) is 43.8 Å². The van der Waals surface area contributed by atoms with E-state index >= 15 is 0 Å². The number of halogens is 1. The van der Waals surface area contributed by atoms with Crippen molar-refractivity contribution in [1.29, 1.82) is 0 Å². The fraction of sp³-hybridized carbons (Fsp3) is 0.909. The van der Waals surface area contributed by atoms with E-state index in [2.05, 4.69) is 20.8 Å². The molecule has 0 saturated carbocycles. The van der Waals surface area contributed by atoms with Crippen LogP contribution in [-0.2, 0) is 4.79 Å². The monoisotopic (exact) mass is 292 g/mol. The van der Waals surface area contributed by atoms with Gasteiger partial charge in [0.2, 0.25) is 5.91 Å². The summed E-state index contributed by atoms with van der Waals surface area (Å²) in [6.45, 7) is 8.26. The summed E-state index contributed by atoms with van der Waals surface area (Å²) in [7, 11) is 0. The molecule has 1 aliphatic heterocycles. The lowest BCUT2D eigenvalue weighted by molar-refractivity contribution is -0.132. The first-order chi connectivity index (χ1) is 7.56. The van der Waals surface area contributed by atoms with E-state index in [1.165, 1.54) is 0 Å². The second-order valence-electron chi connectivity index (χ2n) is 4.54. The minimum Gasteiger partial charge on any atom is -0.395 e. The minimum atomic E-state index is -0.0723. The fourth-order valence-corrected chi connectivity index (χ4v) is 2.08. The quantitative estimate of drug-likeness (QED) is 0.770. The van der Waals surface area contributed by atoms with Gasteiger partial charge in [-0.3, -0.25) is 9.69 Å². The summed E-state index contributed by atoms with van der Waals surface area (Å²) < 4.78 is 0. The van der Waals surface area contributed by atoms with Crippen molar-refractivity contribution in [2.75, 3.05) is 39.3 Å². The molecule has 16 heavy (non-hydrogen) atoms. The van der Waals surface area contributed by atoms with Gasteiger partial charge in [0, 0.05) is 32.7 Å². The van der Waals surface area contributed by atoms with Gasteiger partial charge in [0.1, 0.15) is 0 Å². The predicted molar refractivity (Wildman–Crippen MR) is 67.7 cm³/mol. The lowest BCUT2D eigenvalue weighted by Crippen LogP contribution is -2.51. The molecule has 0 bridgehead atoms. The molecule has 94 valence electrons. The molecule has 4 nitrogen and oxygen atoms in total. The number of hydrogen-bond acceptors (Lipinski definition) is 3. The second kappa shape index (κ2) is 6.57. The summed E-state index contributed by atoms with van der Waals surface area (Å²) >= 11 is 3.44. The third-order valence-corrected chi connectivity index (χ3v) is 4.37. The van der Waals surface area contributed by atoms with E-state index in [-0.39, 0.29) is 17.3 Å². The number of piperazine rings is 1. The molecule has 0 aliphatic carbocycles. The van der Waals surface area contributed by atoms with E-state index in [1.807, 2.05) is 18.7 Å². The van der Waals surface area contributed by atoms with Crippen LogP contribution in [0, 0.1) is 5.92 Å². The van der Waals surface area contributed by atoms with Crippen molar-refractivity contribution in [1.82, 2.24) is 9.80 Å². The fourth-order valence-electron chi connectivity index (χ4n) is 1.79. The Kier molecular flexibility index (Phi) is 5.72. The Morgan fingerprint density at radius 2 is 1.88 bits per heavy atom. The average molecular weight is 293 g/mol. The zero-order valence-electron chi connectivity index (χ0n) is 10.0. The van der Waals surface area contributed by atoms with Crippen molar-refractivity contribution >= 4 is 21.8 Å². The maximum absolute atomic E-state index is 12.0. The van der Waals surface area contributed by atoms with E-state index in [1.54, 1.807) is 0 Å². The molecule has 1 N–H and O–H groups in total. The highest BCUT2D eigenvalue weighted by Crippen LogP contribution is 2.16. The molecule has 0 aromatic carbocycles. The maximum atomic E-state index is 12.0. The number of rotatable bonds is 4. The number of aliphatic hydroxyl groups is 1. The molecule has 0 radical (unpaired) electrons. The van der Waals surface area contributed by atoms with Crippen molar-refractivity contribution in [2.24, 2.45) is 5.92 Å². The van der Waals surface area contributed by atoms with E-state index in [9.17, 15) is 4.79 Å². The van der Waals surface area contributed by atoms with Crippen LogP contribution in [0.15, 0.2) is 0 Å². The highest BCUT2D eigenvalue weighted by atomic mass is 79.9. The number of alkyl halides is 1. The van der Waals surface area contributed by atoms with Gasteiger partial charge in [-0.15, -0.1) is 0 Å². The lowest BCUT2D eigenvalue weighted by atomic mass is 10.1. The maximum Gasteiger partial charge on any atom is 0.236 e. The predicted octanol–water partition coefficient (Wildman–Crippen LogP) is 0.542. The highest BCUT2D eigenvalue weighted by Gasteiger charge is 2.27. The zero-order chi connectivity index (χ0) is 12.1. The van der Waals surface area contributed by atoms with Crippen molar-refractivity contribution < 1.29 is 9.90 Å². The molecular formula is C11H21BrN2O2. The molecule has 0 spiro atoms. The van der Waals surface area contributed by atoms with Gasteiger partial charge < -0.3 is 10.0 Å². The van der Waals surface area contributed by atoms with E-state index in [4.69, 9.17) is 5.11 Å². The van der Waals surface area contributed by atoms with Gasteiger partial charge >= 0.3 is 0 Å². The number of carbonyl (C=O) groups excluding carboxylic acids is 1. The number of β-amino-alcohol motifs (C(OH)–C–C–N with tert-alkyl or cyclic N) is 1. The van der Waals surface area contributed by atoms with Crippen molar-refractivity contribution in [3.63, 3.8) is 0 Å². The largest absolute Gasteiger partial charge is 0.395 e. The van der Waals surface area contributed by atoms with Crippen LogP contribution in [0.2, 0.25) is 0 Å². The van der Waals surface area contributed by atoms with Crippen molar-refractivity contribution in [2.45, 2.75) is 18.7 Å². The SMILES string of the molecule is CC(C)C(Br)C(=O)N1CCN(CCO)CC1. The molecule has 1 aliphatic rings. The van der Waals surface area contributed by atoms with Gasteiger partial charge in [0.05, 0.1) is 11.4 Å². The molecule has 1 atom stereocenters. The summed E-state index contributed by atoms with van der Waals surface area (Å²) in [5.74, 6) is 0.515. The van der Waals surface area contributed by atoms with Gasteiger partial charge in [-0.2, -0.15) is 0 Å². The van der Waals surface area contributed by atoms with Crippen LogP contribution < -0.4 is 0 Å². The van der Waals surface area contributed by atoms with Gasteiger partial charge in [-0.05, 0) is 5.92 Å². The first-order valence-corrected chi connectivity index (χ1v) is 6.74. The summed E-state index contributed by atoms with van der Waals surface area (Å²) in [6.07, 6.45) is 0. The normalized spacial score (nSPS) is 20.2. The molecule has 1 saturated heterocycles. The van der Waals surface area contributed by atoms with Gasteiger partial charge in [-0.1, -0.05) is 29.8 Å². The summed E-state index contributed by atoms with van der Waals surface area (Å²) in [6, 6.07) is 0. The third-order valence-electron chi connectivity index (χ3n) is 2.92.